The third-order valence-corrected chi connectivity index (χ3v) is 4.64. The lowest BCUT2D eigenvalue weighted by atomic mass is 10.2. The van der Waals surface area contributed by atoms with Crippen molar-refractivity contribution in [3.63, 3.8) is 0 Å². The van der Waals surface area contributed by atoms with Crippen LogP contribution in [-0.2, 0) is 24.6 Å². The van der Waals surface area contributed by atoms with E-state index in [-0.39, 0.29) is 11.6 Å². The van der Waals surface area contributed by atoms with Crippen molar-refractivity contribution in [3.05, 3.63) is 33.9 Å². The van der Waals surface area contributed by atoms with Crippen LogP contribution in [0.15, 0.2) is 6.20 Å². The molecule has 0 radical (unpaired) electrons. The van der Waals surface area contributed by atoms with Gasteiger partial charge < -0.3 is 4.90 Å². The maximum Gasteiger partial charge on any atom is 0.436 e. The summed E-state index contributed by atoms with van der Waals surface area (Å²) in [5.74, 6) is -0.376. The van der Waals surface area contributed by atoms with E-state index >= 15 is 0 Å². The van der Waals surface area contributed by atoms with Gasteiger partial charge in [-0.15, -0.1) is 0 Å². The van der Waals surface area contributed by atoms with Gasteiger partial charge in [0.05, 0.1) is 16.9 Å². The molecule has 1 unspecified atom stereocenters. The third-order valence-electron chi connectivity index (χ3n) is 4.19. The van der Waals surface area contributed by atoms with Crippen LogP contribution < -0.4 is 0 Å². The fraction of sp³-hybridized carbons (Fsp3) is 0.533. The predicted molar refractivity (Wildman–Crippen MR) is 86.1 cm³/mol. The van der Waals surface area contributed by atoms with Crippen LogP contribution in [0.3, 0.4) is 0 Å². The number of aromatic nitrogens is 4. The lowest BCUT2D eigenvalue weighted by Gasteiger charge is -2.22. The molecule has 0 saturated heterocycles. The Kier molecular flexibility index (Phi) is 5.17. The zero-order valence-electron chi connectivity index (χ0n) is 14.5. The topological polar surface area (TPSA) is 56.0 Å². The van der Waals surface area contributed by atoms with Gasteiger partial charge in [0, 0.05) is 31.9 Å². The number of hydrogen-bond donors (Lipinski definition) is 0. The molecule has 2 aromatic rings. The summed E-state index contributed by atoms with van der Waals surface area (Å²) in [7, 11) is 3.37. The highest BCUT2D eigenvalue weighted by atomic mass is 35.5. The monoisotopic (exact) mass is 377 g/mol. The van der Waals surface area contributed by atoms with E-state index in [4.69, 9.17) is 11.6 Å². The molecular formula is C15H19ClF3N5O. The first kappa shape index (κ1) is 19.3. The summed E-state index contributed by atoms with van der Waals surface area (Å²) in [4.78, 5) is 14.0. The Hall–Kier alpha value is -2.03. The number of hydrogen-bond acceptors (Lipinski definition) is 3. The molecule has 1 amide bonds. The molecule has 2 heterocycles. The van der Waals surface area contributed by atoms with E-state index in [9.17, 15) is 18.0 Å². The second kappa shape index (κ2) is 6.70. The summed E-state index contributed by atoms with van der Waals surface area (Å²) in [5.41, 5.74) is 0.680. The van der Waals surface area contributed by atoms with Crippen LogP contribution >= 0.6 is 11.6 Å². The van der Waals surface area contributed by atoms with Crippen LogP contribution in [0.4, 0.5) is 13.2 Å². The first-order valence-electron chi connectivity index (χ1n) is 7.49. The molecule has 6 nitrogen and oxygen atoms in total. The van der Waals surface area contributed by atoms with Crippen molar-refractivity contribution in [2.75, 3.05) is 7.05 Å². The van der Waals surface area contributed by atoms with Crippen molar-refractivity contribution in [2.24, 2.45) is 7.05 Å². The Morgan fingerprint density at radius 1 is 1.36 bits per heavy atom. The van der Waals surface area contributed by atoms with Crippen molar-refractivity contribution >= 4 is 17.5 Å². The van der Waals surface area contributed by atoms with Crippen LogP contribution in [-0.4, -0.2) is 37.4 Å². The first-order chi connectivity index (χ1) is 11.4. The van der Waals surface area contributed by atoms with Gasteiger partial charge in [0.2, 0.25) is 5.91 Å². The summed E-state index contributed by atoms with van der Waals surface area (Å²) >= 11 is 5.74. The van der Waals surface area contributed by atoms with Crippen LogP contribution in [0, 0.1) is 13.8 Å². The molecule has 25 heavy (non-hydrogen) atoms. The van der Waals surface area contributed by atoms with E-state index in [1.807, 2.05) is 6.92 Å². The highest BCUT2D eigenvalue weighted by Gasteiger charge is 2.39. The minimum atomic E-state index is -4.67. The van der Waals surface area contributed by atoms with Crippen LogP contribution in [0.25, 0.3) is 0 Å². The van der Waals surface area contributed by atoms with Crippen molar-refractivity contribution in [1.29, 1.82) is 0 Å². The van der Waals surface area contributed by atoms with Gasteiger partial charge in [0.15, 0.2) is 5.69 Å². The Balaban J connectivity index is 2.24. The third kappa shape index (κ3) is 3.65. The van der Waals surface area contributed by atoms with Gasteiger partial charge >= 0.3 is 6.18 Å². The molecule has 2 rings (SSSR count). The number of rotatable bonds is 4. The van der Waals surface area contributed by atoms with Gasteiger partial charge in [0.1, 0.15) is 6.04 Å². The number of aryl methyl sites for hydroxylation is 1. The predicted octanol–water partition coefficient (Wildman–Crippen LogP) is 3.13. The highest BCUT2D eigenvalue weighted by molar-refractivity contribution is 6.32. The summed E-state index contributed by atoms with van der Waals surface area (Å²) in [5, 5.41) is 7.13. The van der Waals surface area contributed by atoms with Gasteiger partial charge in [-0.1, -0.05) is 11.6 Å². The molecule has 0 spiro atoms. The zero-order chi connectivity index (χ0) is 19.1. The summed E-state index contributed by atoms with van der Waals surface area (Å²) in [6.07, 6.45) is -3.02. The largest absolute Gasteiger partial charge is 0.436 e. The molecule has 0 aromatic carbocycles. The average molecular weight is 378 g/mol. The standard InChI is InChI=1S/C15H19ClF3N5O/c1-8-11(6-20-23(8)5)7-22(4)14(25)10(3)24-9(2)12(16)13(21-24)15(17,18)19/h6,10H,7H2,1-5H3. The second-order valence-electron chi connectivity index (χ2n) is 5.94. The number of nitrogens with zero attached hydrogens (tertiary/aromatic N) is 5. The fourth-order valence-electron chi connectivity index (χ4n) is 2.51. The van der Waals surface area contributed by atoms with E-state index in [0.717, 1.165) is 15.9 Å². The van der Waals surface area contributed by atoms with Crippen molar-refractivity contribution in [2.45, 2.75) is 39.5 Å². The SMILES string of the molecule is Cc1c(CN(C)C(=O)C(C)n2nc(C(F)(F)F)c(Cl)c2C)cnn1C. The molecule has 138 valence electrons. The van der Waals surface area contributed by atoms with Gasteiger partial charge in [-0.3, -0.25) is 14.2 Å². The average Bonchev–Trinajstić information content (AvgIpc) is 3.00. The molecule has 0 bridgehead atoms. The van der Waals surface area contributed by atoms with E-state index in [2.05, 4.69) is 10.2 Å². The quantitative estimate of drug-likeness (QED) is 0.822. The Morgan fingerprint density at radius 3 is 2.40 bits per heavy atom. The first-order valence-corrected chi connectivity index (χ1v) is 7.87. The maximum atomic E-state index is 12.9. The number of carbonyl (C=O) groups excluding carboxylic acids is 1. The lowest BCUT2D eigenvalue weighted by molar-refractivity contribution is -0.142. The molecule has 0 saturated carbocycles. The molecule has 10 heteroatoms. The fourth-order valence-corrected chi connectivity index (χ4v) is 2.74. The molecule has 1 atom stereocenters. The zero-order valence-corrected chi connectivity index (χ0v) is 15.3. The van der Waals surface area contributed by atoms with Crippen molar-refractivity contribution < 1.29 is 18.0 Å². The normalized spacial score (nSPS) is 13.2. The number of alkyl halides is 3. The molecule has 2 aromatic heterocycles. The van der Waals surface area contributed by atoms with E-state index in [1.54, 1.807) is 25.0 Å². The van der Waals surface area contributed by atoms with Gasteiger partial charge in [-0.2, -0.15) is 23.4 Å². The van der Waals surface area contributed by atoms with E-state index in [1.165, 1.54) is 18.7 Å². The molecule has 0 aliphatic rings. The lowest BCUT2D eigenvalue weighted by Crippen LogP contribution is -2.33. The molecular weight excluding hydrogens is 359 g/mol. The highest BCUT2D eigenvalue weighted by Crippen LogP contribution is 2.36. The van der Waals surface area contributed by atoms with Crippen LogP contribution in [0.1, 0.15) is 35.6 Å². The minimum absolute atomic E-state index is 0.0980. The Labute approximate surface area is 148 Å². The van der Waals surface area contributed by atoms with Gasteiger partial charge in [0.25, 0.3) is 0 Å². The van der Waals surface area contributed by atoms with E-state index < -0.39 is 22.9 Å². The van der Waals surface area contributed by atoms with E-state index in [0.29, 0.717) is 6.54 Å². The van der Waals surface area contributed by atoms with Crippen LogP contribution in [0.2, 0.25) is 5.02 Å². The number of amides is 1. The van der Waals surface area contributed by atoms with Gasteiger partial charge in [-0.25, -0.2) is 0 Å². The Morgan fingerprint density at radius 2 is 1.96 bits per heavy atom. The van der Waals surface area contributed by atoms with Crippen molar-refractivity contribution in [1.82, 2.24) is 24.5 Å². The summed E-state index contributed by atoms with van der Waals surface area (Å²) in [6.45, 7) is 5.06. The van der Waals surface area contributed by atoms with Crippen molar-refractivity contribution in [3.8, 4) is 0 Å². The smallest absolute Gasteiger partial charge is 0.339 e. The molecule has 0 fully saturated rings. The number of halogens is 4. The second-order valence-corrected chi connectivity index (χ2v) is 6.32. The Bertz CT molecular complexity index is 796. The molecule has 0 aliphatic heterocycles. The molecule has 0 N–H and O–H groups in total. The number of carbonyl (C=O) groups is 1. The maximum absolute atomic E-state index is 12.9. The van der Waals surface area contributed by atoms with Crippen LogP contribution in [0.5, 0.6) is 0 Å². The minimum Gasteiger partial charge on any atom is -0.339 e. The summed E-state index contributed by atoms with van der Waals surface area (Å²) < 4.78 is 41.5. The summed E-state index contributed by atoms with van der Waals surface area (Å²) in [6, 6.07) is -0.921. The van der Waals surface area contributed by atoms with Gasteiger partial charge in [-0.05, 0) is 20.8 Å². The molecule has 0 aliphatic carbocycles. The number of likely N-dealkylation sites (N-methyl/N-ethyl adjacent to an activating group) is 1.